The largest absolute Gasteiger partial charge is 0.379 e. The van der Waals surface area contributed by atoms with Crippen molar-refractivity contribution >= 4 is 11.4 Å². The quantitative estimate of drug-likeness (QED) is 0.855. The zero-order chi connectivity index (χ0) is 17.2. The maximum absolute atomic E-state index is 12.9. The van der Waals surface area contributed by atoms with Crippen LogP contribution in [0.4, 0.5) is 0 Å². The summed E-state index contributed by atoms with van der Waals surface area (Å²) in [6.45, 7) is 7.75. The number of carbonyl (C=O) groups excluding carboxylic acids is 1. The molecule has 25 heavy (non-hydrogen) atoms. The summed E-state index contributed by atoms with van der Waals surface area (Å²) in [5.41, 5.74) is 1.59. The van der Waals surface area contributed by atoms with Crippen molar-refractivity contribution in [3.63, 3.8) is 0 Å². The molecule has 4 heterocycles. The minimum absolute atomic E-state index is 0.110. The maximum atomic E-state index is 12.9. The number of nitrogens with zero attached hydrogens (tertiary/aromatic N) is 4. The van der Waals surface area contributed by atoms with Crippen LogP contribution in [0.15, 0.2) is 30.6 Å². The number of aromatic nitrogens is 2. The van der Waals surface area contributed by atoms with Crippen molar-refractivity contribution < 1.29 is 9.53 Å². The zero-order valence-electron chi connectivity index (χ0n) is 14.8. The molecule has 2 aromatic rings. The van der Waals surface area contributed by atoms with Crippen LogP contribution in [0.25, 0.3) is 5.52 Å². The lowest BCUT2D eigenvalue weighted by atomic mass is 9.89. The number of carbonyl (C=O) groups is 1. The maximum Gasteiger partial charge on any atom is 0.257 e. The molecule has 0 aromatic carbocycles. The van der Waals surface area contributed by atoms with Crippen LogP contribution in [0.3, 0.4) is 0 Å². The van der Waals surface area contributed by atoms with E-state index in [2.05, 4.69) is 16.9 Å². The van der Waals surface area contributed by atoms with Crippen LogP contribution < -0.4 is 0 Å². The summed E-state index contributed by atoms with van der Waals surface area (Å²) in [7, 11) is 0. The molecule has 4 rings (SSSR count). The fourth-order valence-electron chi connectivity index (χ4n) is 4.14. The fourth-order valence-corrected chi connectivity index (χ4v) is 4.14. The topological polar surface area (TPSA) is 50.1 Å². The van der Waals surface area contributed by atoms with Gasteiger partial charge in [-0.15, -0.1) is 0 Å². The average molecular weight is 342 g/mol. The Labute approximate surface area is 148 Å². The minimum atomic E-state index is 0.110. The molecule has 134 valence electrons. The molecule has 2 aliphatic heterocycles. The number of hydrogen-bond donors (Lipinski definition) is 0. The third kappa shape index (κ3) is 3.28. The summed E-state index contributed by atoms with van der Waals surface area (Å²) in [6.07, 6.45) is 5.72. The summed E-state index contributed by atoms with van der Waals surface area (Å²) >= 11 is 0. The van der Waals surface area contributed by atoms with Gasteiger partial charge in [-0.3, -0.25) is 9.69 Å². The van der Waals surface area contributed by atoms with E-state index in [-0.39, 0.29) is 5.91 Å². The average Bonchev–Trinajstić information content (AvgIpc) is 3.12. The Bertz CT molecular complexity index is 730. The number of pyridine rings is 1. The second-order valence-corrected chi connectivity index (χ2v) is 7.11. The smallest absolute Gasteiger partial charge is 0.257 e. The van der Waals surface area contributed by atoms with Crippen LogP contribution in [-0.2, 0) is 4.74 Å². The standard InChI is InChI=1S/C19H26N4O2/c1-15(21-10-12-25-13-11-21)16-5-8-22(9-6-16)19(24)17-14-20-23-7-3-2-4-18(17)23/h2-4,7,14-16H,5-6,8-13H2,1H3/t15-/m1/s1. The Morgan fingerprint density at radius 3 is 2.72 bits per heavy atom. The molecule has 2 aliphatic rings. The van der Waals surface area contributed by atoms with Crippen LogP contribution in [0.5, 0.6) is 0 Å². The van der Waals surface area contributed by atoms with Gasteiger partial charge in [-0.05, 0) is 37.8 Å². The van der Waals surface area contributed by atoms with Gasteiger partial charge in [-0.2, -0.15) is 5.10 Å². The predicted octanol–water partition coefficient (Wildman–Crippen LogP) is 1.91. The Morgan fingerprint density at radius 2 is 1.96 bits per heavy atom. The molecule has 0 aliphatic carbocycles. The van der Waals surface area contributed by atoms with Crippen LogP contribution >= 0.6 is 0 Å². The van der Waals surface area contributed by atoms with Gasteiger partial charge in [0, 0.05) is 38.4 Å². The molecule has 1 amide bonds. The van der Waals surface area contributed by atoms with Gasteiger partial charge in [0.25, 0.3) is 5.91 Å². The zero-order valence-corrected chi connectivity index (χ0v) is 14.8. The van der Waals surface area contributed by atoms with E-state index in [4.69, 9.17) is 4.74 Å². The van der Waals surface area contributed by atoms with Crippen LogP contribution in [0.2, 0.25) is 0 Å². The van der Waals surface area contributed by atoms with E-state index < -0.39 is 0 Å². The molecule has 2 aromatic heterocycles. The molecular formula is C19H26N4O2. The van der Waals surface area contributed by atoms with E-state index in [1.54, 1.807) is 10.7 Å². The van der Waals surface area contributed by atoms with E-state index in [1.165, 1.54) is 0 Å². The third-order valence-electron chi connectivity index (χ3n) is 5.79. The summed E-state index contributed by atoms with van der Waals surface area (Å²) in [5, 5.41) is 4.29. The number of rotatable bonds is 3. The minimum Gasteiger partial charge on any atom is -0.379 e. The Hall–Kier alpha value is -1.92. The SMILES string of the molecule is C[C@H](C1CCN(C(=O)c2cnn3ccccc23)CC1)N1CCOCC1. The molecule has 2 saturated heterocycles. The van der Waals surface area contributed by atoms with Gasteiger partial charge < -0.3 is 9.64 Å². The molecule has 0 spiro atoms. The molecule has 0 N–H and O–H groups in total. The Balaban J connectivity index is 1.39. The van der Waals surface area contributed by atoms with Crippen LogP contribution in [-0.4, -0.2) is 70.8 Å². The lowest BCUT2D eigenvalue weighted by Gasteiger charge is -2.41. The highest BCUT2D eigenvalue weighted by atomic mass is 16.5. The molecule has 0 saturated carbocycles. The van der Waals surface area contributed by atoms with E-state index in [0.717, 1.165) is 57.8 Å². The van der Waals surface area contributed by atoms with Gasteiger partial charge in [0.15, 0.2) is 0 Å². The summed E-state index contributed by atoms with van der Waals surface area (Å²) in [4.78, 5) is 17.4. The van der Waals surface area contributed by atoms with Crippen molar-refractivity contribution in [2.75, 3.05) is 39.4 Å². The van der Waals surface area contributed by atoms with Gasteiger partial charge >= 0.3 is 0 Å². The second kappa shape index (κ2) is 7.14. The van der Waals surface area contributed by atoms with Crippen molar-refractivity contribution in [1.82, 2.24) is 19.4 Å². The van der Waals surface area contributed by atoms with E-state index in [1.807, 2.05) is 29.3 Å². The fraction of sp³-hybridized carbons (Fsp3) is 0.579. The Morgan fingerprint density at radius 1 is 1.20 bits per heavy atom. The molecule has 0 radical (unpaired) electrons. The number of hydrogen-bond acceptors (Lipinski definition) is 4. The first-order valence-electron chi connectivity index (χ1n) is 9.27. The molecule has 6 heteroatoms. The van der Waals surface area contributed by atoms with Gasteiger partial charge in [0.1, 0.15) is 0 Å². The van der Waals surface area contributed by atoms with Crippen molar-refractivity contribution in [3.8, 4) is 0 Å². The number of morpholine rings is 1. The Kier molecular flexibility index (Phi) is 4.72. The van der Waals surface area contributed by atoms with Crippen molar-refractivity contribution in [2.24, 2.45) is 5.92 Å². The number of likely N-dealkylation sites (tertiary alicyclic amines) is 1. The van der Waals surface area contributed by atoms with Crippen molar-refractivity contribution in [3.05, 3.63) is 36.2 Å². The van der Waals surface area contributed by atoms with E-state index >= 15 is 0 Å². The molecule has 1 atom stereocenters. The predicted molar refractivity (Wildman–Crippen MR) is 95.7 cm³/mol. The lowest BCUT2D eigenvalue weighted by Crippen LogP contribution is -2.49. The van der Waals surface area contributed by atoms with E-state index in [0.29, 0.717) is 17.5 Å². The number of piperidine rings is 1. The normalized spacial score (nSPS) is 21.6. The number of fused-ring (bicyclic) bond motifs is 1. The van der Waals surface area contributed by atoms with Gasteiger partial charge in [-0.1, -0.05) is 6.07 Å². The second-order valence-electron chi connectivity index (χ2n) is 7.11. The van der Waals surface area contributed by atoms with Gasteiger partial charge in [-0.25, -0.2) is 4.52 Å². The highest BCUT2D eigenvalue weighted by molar-refractivity contribution is 6.00. The van der Waals surface area contributed by atoms with Crippen LogP contribution in [0.1, 0.15) is 30.1 Å². The summed E-state index contributed by atoms with van der Waals surface area (Å²) < 4.78 is 7.22. The first kappa shape index (κ1) is 16.5. The number of amides is 1. The third-order valence-corrected chi connectivity index (χ3v) is 5.79. The first-order valence-corrected chi connectivity index (χ1v) is 9.27. The number of ether oxygens (including phenoxy) is 1. The van der Waals surface area contributed by atoms with Gasteiger partial charge in [0.2, 0.25) is 0 Å². The highest BCUT2D eigenvalue weighted by Crippen LogP contribution is 2.26. The molecule has 6 nitrogen and oxygen atoms in total. The highest BCUT2D eigenvalue weighted by Gasteiger charge is 2.31. The lowest BCUT2D eigenvalue weighted by molar-refractivity contribution is -0.000938. The van der Waals surface area contributed by atoms with Crippen molar-refractivity contribution in [2.45, 2.75) is 25.8 Å². The molecule has 0 bridgehead atoms. The first-order chi connectivity index (χ1) is 12.2. The van der Waals surface area contributed by atoms with Crippen LogP contribution in [0, 0.1) is 5.92 Å². The van der Waals surface area contributed by atoms with Gasteiger partial charge in [0.05, 0.1) is 30.5 Å². The van der Waals surface area contributed by atoms with E-state index in [9.17, 15) is 4.79 Å². The summed E-state index contributed by atoms with van der Waals surface area (Å²) in [5.74, 6) is 0.768. The van der Waals surface area contributed by atoms with Crippen molar-refractivity contribution in [1.29, 1.82) is 0 Å². The summed E-state index contributed by atoms with van der Waals surface area (Å²) in [6, 6.07) is 6.39. The molecule has 2 fully saturated rings. The molecule has 0 unspecified atom stereocenters. The monoisotopic (exact) mass is 342 g/mol. The molecular weight excluding hydrogens is 316 g/mol.